The van der Waals surface area contributed by atoms with E-state index in [1.165, 1.54) is 32.1 Å². The quantitative estimate of drug-likeness (QED) is 0.782. The normalized spacial score (nSPS) is 27.4. The molecule has 0 bridgehead atoms. The molecular formula is C12H24N2O2S. The molecule has 1 atom stereocenters. The van der Waals surface area contributed by atoms with Gasteiger partial charge in [0.25, 0.3) is 0 Å². The summed E-state index contributed by atoms with van der Waals surface area (Å²) in [6.07, 6.45) is 8.30. The number of rotatable bonds is 5. The molecule has 1 saturated heterocycles. The van der Waals surface area contributed by atoms with Crippen LogP contribution in [0.3, 0.4) is 0 Å². The van der Waals surface area contributed by atoms with Gasteiger partial charge in [0.2, 0.25) is 10.0 Å². The fourth-order valence-corrected chi connectivity index (χ4v) is 4.28. The van der Waals surface area contributed by atoms with E-state index < -0.39 is 10.0 Å². The molecule has 5 heteroatoms. The lowest BCUT2D eigenvalue weighted by molar-refractivity contribution is 0.357. The molecular weight excluding hydrogens is 236 g/mol. The van der Waals surface area contributed by atoms with Crippen LogP contribution in [0.15, 0.2) is 0 Å². The van der Waals surface area contributed by atoms with E-state index in [0.29, 0.717) is 12.5 Å². The van der Waals surface area contributed by atoms with Crippen LogP contribution in [-0.4, -0.2) is 33.3 Å². The standard InChI is InChI=1S/C12H24N2O2S/c15-17(16,10-12-7-4-8-13-12)14-9-11-5-2-1-3-6-11/h11-14H,1-10H2. The smallest absolute Gasteiger partial charge is 0.213 e. The van der Waals surface area contributed by atoms with Crippen molar-refractivity contribution in [1.29, 1.82) is 0 Å². The molecule has 1 aliphatic heterocycles. The zero-order valence-corrected chi connectivity index (χ0v) is 11.3. The zero-order chi connectivity index (χ0) is 12.1. The van der Waals surface area contributed by atoms with Crippen LogP contribution in [0.25, 0.3) is 0 Å². The molecule has 17 heavy (non-hydrogen) atoms. The largest absolute Gasteiger partial charge is 0.313 e. The molecule has 0 aromatic rings. The summed E-state index contributed by atoms with van der Waals surface area (Å²) in [5.74, 6) is 0.815. The van der Waals surface area contributed by atoms with Gasteiger partial charge in [-0.05, 0) is 38.1 Å². The number of hydrogen-bond acceptors (Lipinski definition) is 3. The Morgan fingerprint density at radius 1 is 1.06 bits per heavy atom. The molecule has 1 saturated carbocycles. The molecule has 0 spiro atoms. The van der Waals surface area contributed by atoms with Gasteiger partial charge in [-0.3, -0.25) is 0 Å². The second-order valence-electron chi connectivity index (χ2n) is 5.43. The Morgan fingerprint density at radius 3 is 2.47 bits per heavy atom. The molecule has 2 fully saturated rings. The summed E-state index contributed by atoms with van der Waals surface area (Å²) >= 11 is 0. The fraction of sp³-hybridized carbons (Fsp3) is 1.00. The van der Waals surface area contributed by atoms with Gasteiger partial charge in [-0.25, -0.2) is 13.1 Å². The zero-order valence-electron chi connectivity index (χ0n) is 10.5. The monoisotopic (exact) mass is 260 g/mol. The Labute approximate surface area is 105 Å². The van der Waals surface area contributed by atoms with Crippen molar-refractivity contribution in [3.63, 3.8) is 0 Å². The Balaban J connectivity index is 1.72. The van der Waals surface area contributed by atoms with Crippen molar-refractivity contribution < 1.29 is 8.42 Å². The first-order valence-corrected chi connectivity index (χ1v) is 8.52. The summed E-state index contributed by atoms with van der Waals surface area (Å²) in [7, 11) is -3.08. The molecule has 1 heterocycles. The minimum atomic E-state index is -3.08. The molecule has 1 aliphatic carbocycles. The Morgan fingerprint density at radius 2 is 1.82 bits per heavy atom. The topological polar surface area (TPSA) is 58.2 Å². The Bertz CT molecular complexity index is 317. The van der Waals surface area contributed by atoms with E-state index in [9.17, 15) is 8.42 Å². The summed E-state index contributed by atoms with van der Waals surface area (Å²) in [5.41, 5.74) is 0. The van der Waals surface area contributed by atoms with Crippen molar-refractivity contribution in [2.75, 3.05) is 18.8 Å². The summed E-state index contributed by atoms with van der Waals surface area (Å²) in [5, 5.41) is 3.23. The molecule has 100 valence electrons. The van der Waals surface area contributed by atoms with Crippen LogP contribution in [0.5, 0.6) is 0 Å². The molecule has 2 rings (SSSR count). The van der Waals surface area contributed by atoms with Crippen molar-refractivity contribution in [3.05, 3.63) is 0 Å². The highest BCUT2D eigenvalue weighted by molar-refractivity contribution is 7.89. The van der Waals surface area contributed by atoms with Crippen LogP contribution >= 0.6 is 0 Å². The summed E-state index contributed by atoms with van der Waals surface area (Å²) in [4.78, 5) is 0. The SMILES string of the molecule is O=S(=O)(CC1CCCN1)NCC1CCCCC1. The number of hydrogen-bond donors (Lipinski definition) is 2. The minimum Gasteiger partial charge on any atom is -0.313 e. The van der Waals surface area contributed by atoms with Crippen LogP contribution < -0.4 is 10.0 Å². The second kappa shape index (κ2) is 6.16. The van der Waals surface area contributed by atoms with Gasteiger partial charge < -0.3 is 5.32 Å². The molecule has 0 aromatic heterocycles. The second-order valence-corrected chi connectivity index (χ2v) is 7.28. The summed E-state index contributed by atoms with van der Waals surface area (Å²) in [6.45, 7) is 1.61. The number of nitrogens with one attached hydrogen (secondary N) is 2. The first-order valence-electron chi connectivity index (χ1n) is 6.86. The van der Waals surface area contributed by atoms with Crippen LogP contribution in [0.4, 0.5) is 0 Å². The van der Waals surface area contributed by atoms with Crippen molar-refractivity contribution in [2.24, 2.45) is 5.92 Å². The third-order valence-electron chi connectivity index (χ3n) is 3.90. The molecule has 1 unspecified atom stereocenters. The van der Waals surface area contributed by atoms with Crippen LogP contribution in [0.2, 0.25) is 0 Å². The van der Waals surface area contributed by atoms with Gasteiger partial charge >= 0.3 is 0 Å². The third-order valence-corrected chi connectivity index (χ3v) is 5.35. The van der Waals surface area contributed by atoms with Gasteiger partial charge in [0.1, 0.15) is 0 Å². The predicted octanol–water partition coefficient (Wildman–Crippen LogP) is 1.24. The maximum absolute atomic E-state index is 11.9. The lowest BCUT2D eigenvalue weighted by Crippen LogP contribution is -2.38. The molecule has 2 aliphatic rings. The molecule has 0 aromatic carbocycles. The fourth-order valence-electron chi connectivity index (χ4n) is 2.86. The van der Waals surface area contributed by atoms with Crippen molar-refractivity contribution in [1.82, 2.24) is 10.0 Å². The average molecular weight is 260 g/mol. The average Bonchev–Trinajstić information content (AvgIpc) is 2.80. The summed E-state index contributed by atoms with van der Waals surface area (Å²) < 4.78 is 26.5. The molecule has 4 nitrogen and oxygen atoms in total. The summed E-state index contributed by atoms with van der Waals surface area (Å²) in [6, 6.07) is 0.166. The van der Waals surface area contributed by atoms with Crippen molar-refractivity contribution in [3.8, 4) is 0 Å². The third kappa shape index (κ3) is 4.56. The van der Waals surface area contributed by atoms with Crippen molar-refractivity contribution in [2.45, 2.75) is 51.0 Å². The van der Waals surface area contributed by atoms with Gasteiger partial charge in [0.15, 0.2) is 0 Å². The van der Waals surface area contributed by atoms with E-state index in [4.69, 9.17) is 0 Å². The minimum absolute atomic E-state index is 0.166. The van der Waals surface area contributed by atoms with Crippen LogP contribution in [0, 0.1) is 5.92 Å². The molecule has 2 N–H and O–H groups in total. The van der Waals surface area contributed by atoms with Crippen molar-refractivity contribution >= 4 is 10.0 Å². The van der Waals surface area contributed by atoms with E-state index in [0.717, 1.165) is 19.4 Å². The van der Waals surface area contributed by atoms with Crippen LogP contribution in [-0.2, 0) is 10.0 Å². The van der Waals surface area contributed by atoms with E-state index in [1.807, 2.05) is 0 Å². The van der Waals surface area contributed by atoms with Gasteiger partial charge in [-0.1, -0.05) is 19.3 Å². The van der Waals surface area contributed by atoms with Gasteiger partial charge in [-0.2, -0.15) is 0 Å². The Kier molecular flexibility index (Phi) is 4.82. The highest BCUT2D eigenvalue weighted by Gasteiger charge is 2.23. The maximum atomic E-state index is 11.9. The molecule has 0 amide bonds. The predicted molar refractivity (Wildman–Crippen MR) is 69.4 cm³/mol. The number of sulfonamides is 1. The first-order chi connectivity index (χ1) is 8.16. The van der Waals surface area contributed by atoms with Gasteiger partial charge in [0.05, 0.1) is 5.75 Å². The van der Waals surface area contributed by atoms with Gasteiger partial charge in [0, 0.05) is 12.6 Å². The van der Waals surface area contributed by atoms with E-state index in [-0.39, 0.29) is 11.8 Å². The lowest BCUT2D eigenvalue weighted by Gasteiger charge is -2.22. The highest BCUT2D eigenvalue weighted by atomic mass is 32.2. The molecule has 0 radical (unpaired) electrons. The van der Waals surface area contributed by atoms with E-state index >= 15 is 0 Å². The maximum Gasteiger partial charge on any atom is 0.213 e. The Hall–Kier alpha value is -0.130. The first kappa shape index (κ1) is 13.3. The van der Waals surface area contributed by atoms with E-state index in [2.05, 4.69) is 10.0 Å². The lowest BCUT2D eigenvalue weighted by atomic mass is 9.90. The van der Waals surface area contributed by atoms with Gasteiger partial charge in [-0.15, -0.1) is 0 Å². The van der Waals surface area contributed by atoms with E-state index in [1.54, 1.807) is 0 Å². The van der Waals surface area contributed by atoms with Crippen LogP contribution in [0.1, 0.15) is 44.9 Å². The highest BCUT2D eigenvalue weighted by Crippen LogP contribution is 2.23.